The van der Waals surface area contributed by atoms with Crippen molar-refractivity contribution >= 4 is 34.7 Å². The number of nitrogens with zero attached hydrogens (tertiary/aromatic N) is 4. The molecule has 0 saturated carbocycles. The van der Waals surface area contributed by atoms with Gasteiger partial charge in [-0.25, -0.2) is 20.0 Å². The van der Waals surface area contributed by atoms with Gasteiger partial charge in [0.1, 0.15) is 0 Å². The van der Waals surface area contributed by atoms with Crippen LogP contribution in [0.1, 0.15) is 11.1 Å². The van der Waals surface area contributed by atoms with Crippen molar-refractivity contribution in [2.24, 2.45) is 31.4 Å². The second-order valence-electron chi connectivity index (χ2n) is 5.54. The molecule has 0 unspecified atom stereocenters. The van der Waals surface area contributed by atoms with Crippen molar-refractivity contribution in [2.45, 2.75) is 13.8 Å². The molecule has 0 saturated heterocycles. The minimum Gasteiger partial charge on any atom is -0.381 e. The summed E-state index contributed by atoms with van der Waals surface area (Å²) in [4.78, 5) is 17.5. The Morgan fingerprint density at radius 1 is 0.625 bits per heavy atom. The summed E-state index contributed by atoms with van der Waals surface area (Å²) in [7, 11) is 0. The van der Waals surface area contributed by atoms with Crippen LogP contribution in [-0.4, -0.2) is 23.3 Å². The lowest BCUT2D eigenvalue weighted by Crippen LogP contribution is -2.37. The van der Waals surface area contributed by atoms with Gasteiger partial charge in [0.25, 0.3) is 0 Å². The molecule has 1 heterocycles. The third-order valence-electron chi connectivity index (χ3n) is 3.45. The molecular weight excluding hydrogens is 300 g/mol. The maximum atomic E-state index is 5.78. The average molecular weight is 318 g/mol. The Labute approximate surface area is 140 Å². The van der Waals surface area contributed by atoms with Gasteiger partial charge in [-0.05, 0) is 38.1 Å². The molecule has 0 amide bonds. The number of benzene rings is 2. The van der Waals surface area contributed by atoms with Crippen LogP contribution in [0.25, 0.3) is 0 Å². The third-order valence-corrected chi connectivity index (χ3v) is 3.45. The minimum atomic E-state index is 0.142. The van der Waals surface area contributed by atoms with E-state index < -0.39 is 0 Å². The van der Waals surface area contributed by atoms with Crippen LogP contribution in [0.3, 0.4) is 0 Å². The lowest BCUT2D eigenvalue weighted by atomic mass is 10.2. The van der Waals surface area contributed by atoms with Crippen molar-refractivity contribution in [3.05, 3.63) is 59.7 Å². The van der Waals surface area contributed by atoms with E-state index in [1.165, 1.54) is 0 Å². The molecule has 3 rings (SSSR count). The Hall–Kier alpha value is -3.28. The smallest absolute Gasteiger partial charge is 0.200 e. The lowest BCUT2D eigenvalue weighted by Gasteiger charge is -2.10. The molecule has 4 N–H and O–H groups in total. The summed E-state index contributed by atoms with van der Waals surface area (Å²) >= 11 is 0. The van der Waals surface area contributed by atoms with E-state index in [2.05, 4.69) is 20.0 Å². The Morgan fingerprint density at radius 2 is 0.958 bits per heavy atom. The number of rotatable bonds is 2. The predicted octanol–water partition coefficient (Wildman–Crippen LogP) is 2.79. The number of aryl methyl sites for hydroxylation is 2. The van der Waals surface area contributed by atoms with Gasteiger partial charge < -0.3 is 11.5 Å². The second-order valence-corrected chi connectivity index (χ2v) is 5.54. The van der Waals surface area contributed by atoms with E-state index in [9.17, 15) is 0 Å². The number of hydrogen-bond acceptors (Lipinski definition) is 4. The first-order valence-electron chi connectivity index (χ1n) is 7.51. The van der Waals surface area contributed by atoms with Crippen molar-refractivity contribution in [3.8, 4) is 0 Å². The summed E-state index contributed by atoms with van der Waals surface area (Å²) in [5.74, 6) is 0.963. The van der Waals surface area contributed by atoms with E-state index in [-0.39, 0.29) is 11.7 Å². The molecule has 0 aromatic heterocycles. The topological polar surface area (TPSA) is 101 Å². The molecule has 120 valence electrons. The molecule has 2 aromatic rings. The Balaban J connectivity index is 2.03. The van der Waals surface area contributed by atoms with Crippen LogP contribution in [0.15, 0.2) is 68.5 Å². The van der Waals surface area contributed by atoms with E-state index in [1.54, 1.807) is 0 Å². The van der Waals surface area contributed by atoms with Crippen molar-refractivity contribution in [3.63, 3.8) is 0 Å². The zero-order chi connectivity index (χ0) is 17.1. The van der Waals surface area contributed by atoms with E-state index in [1.807, 2.05) is 62.4 Å². The summed E-state index contributed by atoms with van der Waals surface area (Å²) in [6.07, 6.45) is 0. The molecule has 0 aliphatic carbocycles. The van der Waals surface area contributed by atoms with Gasteiger partial charge in [0.15, 0.2) is 23.3 Å². The maximum Gasteiger partial charge on any atom is 0.200 e. The third kappa shape index (κ3) is 3.55. The van der Waals surface area contributed by atoms with Crippen LogP contribution in [0.2, 0.25) is 0 Å². The fraction of sp³-hybridized carbons (Fsp3) is 0.111. The summed E-state index contributed by atoms with van der Waals surface area (Å²) in [5.41, 5.74) is 15.4. The van der Waals surface area contributed by atoms with Gasteiger partial charge in [0.05, 0.1) is 11.4 Å². The molecule has 0 bridgehead atoms. The first-order valence-corrected chi connectivity index (χ1v) is 7.51. The predicted molar refractivity (Wildman–Crippen MR) is 99.8 cm³/mol. The molecule has 1 aliphatic rings. The van der Waals surface area contributed by atoms with E-state index in [0.717, 1.165) is 22.5 Å². The highest BCUT2D eigenvalue weighted by molar-refractivity contribution is 6.55. The Morgan fingerprint density at radius 3 is 1.29 bits per heavy atom. The highest BCUT2D eigenvalue weighted by Gasteiger charge is 2.17. The van der Waals surface area contributed by atoms with E-state index >= 15 is 0 Å². The molecule has 0 fully saturated rings. The Bertz CT molecular complexity index is 795. The summed E-state index contributed by atoms with van der Waals surface area (Å²) in [6.45, 7) is 4.03. The van der Waals surface area contributed by atoms with Crippen LogP contribution >= 0.6 is 0 Å². The fourth-order valence-corrected chi connectivity index (χ4v) is 2.08. The van der Waals surface area contributed by atoms with Crippen LogP contribution in [0.4, 0.5) is 11.4 Å². The van der Waals surface area contributed by atoms with Crippen LogP contribution in [0, 0.1) is 13.8 Å². The zero-order valence-corrected chi connectivity index (χ0v) is 13.6. The lowest BCUT2D eigenvalue weighted by molar-refractivity contribution is 1.38. The number of aliphatic imine (C=N–C) groups is 4. The monoisotopic (exact) mass is 318 g/mol. The zero-order valence-electron chi connectivity index (χ0n) is 13.6. The summed E-state index contributed by atoms with van der Waals surface area (Å²) < 4.78 is 0. The van der Waals surface area contributed by atoms with Gasteiger partial charge >= 0.3 is 0 Å². The van der Waals surface area contributed by atoms with Gasteiger partial charge in [0, 0.05) is 0 Å². The first kappa shape index (κ1) is 15.6. The number of nitrogens with two attached hydrogens (primary N) is 2. The highest BCUT2D eigenvalue weighted by atomic mass is 15.1. The van der Waals surface area contributed by atoms with Gasteiger partial charge in [-0.3, -0.25) is 0 Å². The van der Waals surface area contributed by atoms with Gasteiger partial charge in [-0.2, -0.15) is 0 Å². The van der Waals surface area contributed by atoms with Crippen molar-refractivity contribution in [2.75, 3.05) is 0 Å². The molecule has 1 aliphatic heterocycles. The molecule has 0 radical (unpaired) electrons. The quantitative estimate of drug-likeness (QED) is 0.889. The molecule has 24 heavy (non-hydrogen) atoms. The maximum absolute atomic E-state index is 5.78. The minimum absolute atomic E-state index is 0.142. The summed E-state index contributed by atoms with van der Waals surface area (Å²) in [5, 5.41) is 0. The fourth-order valence-electron chi connectivity index (χ4n) is 2.08. The largest absolute Gasteiger partial charge is 0.381 e. The number of amidine groups is 4. The SMILES string of the molecule is Cc1ccc(N=C2N=C(N)C(N)=NC2=Nc2ccc(C)cc2)cc1. The van der Waals surface area contributed by atoms with Crippen molar-refractivity contribution in [1.29, 1.82) is 0 Å². The van der Waals surface area contributed by atoms with Crippen LogP contribution in [0.5, 0.6) is 0 Å². The molecule has 0 atom stereocenters. The normalized spacial score (nSPS) is 17.8. The summed E-state index contributed by atoms with van der Waals surface area (Å²) in [6, 6.07) is 15.5. The molecular formula is C18H18N6. The van der Waals surface area contributed by atoms with Gasteiger partial charge in [-0.1, -0.05) is 35.4 Å². The molecule has 0 spiro atoms. The van der Waals surface area contributed by atoms with Crippen LogP contribution in [-0.2, 0) is 0 Å². The highest BCUT2D eigenvalue weighted by Crippen LogP contribution is 2.17. The molecule has 6 heteroatoms. The van der Waals surface area contributed by atoms with Crippen molar-refractivity contribution in [1.82, 2.24) is 0 Å². The van der Waals surface area contributed by atoms with E-state index in [4.69, 9.17) is 11.5 Å². The second kappa shape index (κ2) is 6.45. The van der Waals surface area contributed by atoms with Gasteiger partial charge in [0.2, 0.25) is 0 Å². The van der Waals surface area contributed by atoms with Crippen LogP contribution < -0.4 is 11.5 Å². The van der Waals surface area contributed by atoms with Crippen molar-refractivity contribution < 1.29 is 0 Å². The van der Waals surface area contributed by atoms with E-state index in [0.29, 0.717) is 11.7 Å². The first-order chi connectivity index (χ1) is 11.5. The standard InChI is InChI=1S/C18H18N6/c1-11-3-7-13(8-4-11)21-17-18(24-16(20)15(19)23-17)22-14-9-5-12(2)6-10-14/h3-10H,1-2H3,(H2,19,21,23)(H2,20,22,24). The Kier molecular flexibility index (Phi) is 4.20. The average Bonchev–Trinajstić information content (AvgIpc) is 2.56. The molecule has 2 aromatic carbocycles. The van der Waals surface area contributed by atoms with Gasteiger partial charge in [-0.15, -0.1) is 0 Å². The number of hydrogen-bond donors (Lipinski definition) is 2. The molecule has 6 nitrogen and oxygen atoms in total.